The van der Waals surface area contributed by atoms with Crippen LogP contribution in [0.3, 0.4) is 0 Å². The molecule has 0 radical (unpaired) electrons. The van der Waals surface area contributed by atoms with Gasteiger partial charge in [0.05, 0.1) is 19.3 Å². The molecule has 0 aliphatic heterocycles. The lowest BCUT2D eigenvalue weighted by atomic mass is 10.0. The maximum Gasteiger partial charge on any atom is 0.161 e. The highest BCUT2D eigenvalue weighted by atomic mass is 35.5. The standard InChI is InChI=1S/C13H15Cl2N3O/c1-3-18-13(10(19-2)7-17-18)12(16)11-8(14)5-4-6-9(11)15/h4-7,12H,3,16H2,1-2H3. The van der Waals surface area contributed by atoms with Crippen molar-refractivity contribution in [2.75, 3.05) is 7.11 Å². The average molecular weight is 300 g/mol. The minimum atomic E-state index is -0.487. The van der Waals surface area contributed by atoms with Crippen LogP contribution in [0.25, 0.3) is 0 Å². The van der Waals surface area contributed by atoms with Crippen molar-refractivity contribution in [2.45, 2.75) is 19.5 Å². The quantitative estimate of drug-likeness (QED) is 0.943. The van der Waals surface area contributed by atoms with E-state index in [1.165, 1.54) is 0 Å². The average Bonchev–Trinajstić information content (AvgIpc) is 2.81. The van der Waals surface area contributed by atoms with Gasteiger partial charge in [-0.3, -0.25) is 4.68 Å². The molecule has 2 N–H and O–H groups in total. The smallest absolute Gasteiger partial charge is 0.161 e. The van der Waals surface area contributed by atoms with E-state index in [2.05, 4.69) is 5.10 Å². The topological polar surface area (TPSA) is 53.1 Å². The van der Waals surface area contributed by atoms with E-state index >= 15 is 0 Å². The maximum atomic E-state index is 6.31. The molecule has 0 spiro atoms. The molecule has 19 heavy (non-hydrogen) atoms. The van der Waals surface area contributed by atoms with Crippen molar-refractivity contribution in [3.63, 3.8) is 0 Å². The molecular weight excluding hydrogens is 285 g/mol. The number of benzene rings is 1. The maximum absolute atomic E-state index is 6.31. The lowest BCUT2D eigenvalue weighted by Crippen LogP contribution is -2.18. The SMILES string of the molecule is CCn1ncc(OC)c1C(N)c1c(Cl)cccc1Cl. The molecule has 0 bridgehead atoms. The van der Waals surface area contributed by atoms with Gasteiger partial charge in [-0.15, -0.1) is 0 Å². The van der Waals surface area contributed by atoms with Crippen LogP contribution in [0.4, 0.5) is 0 Å². The van der Waals surface area contributed by atoms with Crippen LogP contribution in [0, 0.1) is 0 Å². The van der Waals surface area contributed by atoms with Gasteiger partial charge >= 0.3 is 0 Å². The van der Waals surface area contributed by atoms with E-state index in [4.69, 9.17) is 33.7 Å². The summed E-state index contributed by atoms with van der Waals surface area (Å²) in [6, 6.07) is 4.83. The number of rotatable bonds is 4. The molecule has 1 atom stereocenters. The number of ether oxygens (including phenoxy) is 1. The molecule has 1 heterocycles. The highest BCUT2D eigenvalue weighted by Gasteiger charge is 2.23. The van der Waals surface area contributed by atoms with Gasteiger partial charge in [-0.2, -0.15) is 5.10 Å². The van der Waals surface area contributed by atoms with Gasteiger partial charge in [0, 0.05) is 22.2 Å². The molecule has 0 fully saturated rings. The Balaban J connectivity index is 2.55. The number of aromatic nitrogens is 2. The van der Waals surface area contributed by atoms with E-state index in [0.717, 1.165) is 5.69 Å². The molecule has 1 aromatic heterocycles. The monoisotopic (exact) mass is 299 g/mol. The van der Waals surface area contributed by atoms with Gasteiger partial charge < -0.3 is 10.5 Å². The number of halogens is 2. The predicted octanol–water partition coefficient (Wildman–Crippen LogP) is 3.27. The second-order valence-electron chi connectivity index (χ2n) is 4.03. The van der Waals surface area contributed by atoms with Crippen LogP contribution >= 0.6 is 23.2 Å². The van der Waals surface area contributed by atoms with E-state index in [-0.39, 0.29) is 0 Å². The molecule has 6 heteroatoms. The fourth-order valence-electron chi connectivity index (χ4n) is 2.05. The summed E-state index contributed by atoms with van der Waals surface area (Å²) in [6.45, 7) is 2.67. The number of methoxy groups -OCH3 is 1. The highest BCUT2D eigenvalue weighted by Crippen LogP contribution is 2.35. The molecule has 0 saturated carbocycles. The first-order valence-corrected chi connectivity index (χ1v) is 6.64. The molecule has 0 aliphatic carbocycles. The van der Waals surface area contributed by atoms with E-state index in [9.17, 15) is 0 Å². The van der Waals surface area contributed by atoms with Gasteiger partial charge in [0.1, 0.15) is 5.69 Å². The second-order valence-corrected chi connectivity index (χ2v) is 4.84. The summed E-state index contributed by atoms with van der Waals surface area (Å²) >= 11 is 12.4. The van der Waals surface area contributed by atoms with Crippen molar-refractivity contribution in [1.29, 1.82) is 0 Å². The molecule has 2 rings (SSSR count). The van der Waals surface area contributed by atoms with Crippen LogP contribution in [0.5, 0.6) is 5.75 Å². The number of hydrogen-bond acceptors (Lipinski definition) is 3. The van der Waals surface area contributed by atoms with Crippen molar-refractivity contribution in [2.24, 2.45) is 5.73 Å². The Bertz CT molecular complexity index is 542. The van der Waals surface area contributed by atoms with E-state index in [0.29, 0.717) is 27.9 Å². The third-order valence-corrected chi connectivity index (χ3v) is 3.63. The van der Waals surface area contributed by atoms with Gasteiger partial charge in [0.15, 0.2) is 5.75 Å². The van der Waals surface area contributed by atoms with Crippen LogP contribution in [-0.2, 0) is 6.54 Å². The Morgan fingerprint density at radius 1 is 1.37 bits per heavy atom. The van der Waals surface area contributed by atoms with E-state index in [1.54, 1.807) is 36.2 Å². The highest BCUT2D eigenvalue weighted by molar-refractivity contribution is 6.36. The van der Waals surface area contributed by atoms with Crippen molar-refractivity contribution in [1.82, 2.24) is 9.78 Å². The number of nitrogens with zero attached hydrogens (tertiary/aromatic N) is 2. The van der Waals surface area contributed by atoms with Gasteiger partial charge in [-0.05, 0) is 19.1 Å². The molecule has 0 aliphatic rings. The van der Waals surface area contributed by atoms with Crippen LogP contribution in [0.15, 0.2) is 24.4 Å². The zero-order chi connectivity index (χ0) is 14.0. The van der Waals surface area contributed by atoms with Gasteiger partial charge in [0.2, 0.25) is 0 Å². The van der Waals surface area contributed by atoms with Gasteiger partial charge in [0.25, 0.3) is 0 Å². The summed E-state index contributed by atoms with van der Waals surface area (Å²) in [5, 5.41) is 5.30. The first kappa shape index (κ1) is 14.2. The summed E-state index contributed by atoms with van der Waals surface area (Å²) in [6.07, 6.45) is 1.64. The predicted molar refractivity (Wildman–Crippen MR) is 76.9 cm³/mol. The van der Waals surface area contributed by atoms with Gasteiger partial charge in [-0.1, -0.05) is 29.3 Å². The minimum absolute atomic E-state index is 0.487. The Hall–Kier alpha value is -1.23. The largest absolute Gasteiger partial charge is 0.493 e. The first-order chi connectivity index (χ1) is 9.10. The van der Waals surface area contributed by atoms with Crippen LogP contribution in [-0.4, -0.2) is 16.9 Å². The van der Waals surface area contributed by atoms with Crippen LogP contribution < -0.4 is 10.5 Å². The molecule has 102 valence electrons. The summed E-state index contributed by atoms with van der Waals surface area (Å²) in [5.74, 6) is 0.630. The molecular formula is C13H15Cl2N3O. The summed E-state index contributed by atoms with van der Waals surface area (Å²) < 4.78 is 7.08. The molecule has 4 nitrogen and oxygen atoms in total. The Kier molecular flexibility index (Phi) is 4.34. The zero-order valence-electron chi connectivity index (χ0n) is 10.7. The molecule has 1 aromatic carbocycles. The lowest BCUT2D eigenvalue weighted by molar-refractivity contribution is 0.404. The molecule has 0 saturated heterocycles. The number of hydrogen-bond donors (Lipinski definition) is 1. The van der Waals surface area contributed by atoms with Crippen molar-refractivity contribution < 1.29 is 4.74 Å². The number of aryl methyl sites for hydroxylation is 1. The Morgan fingerprint density at radius 3 is 2.53 bits per heavy atom. The summed E-state index contributed by atoms with van der Waals surface area (Å²) in [4.78, 5) is 0. The number of nitrogens with two attached hydrogens (primary N) is 1. The van der Waals surface area contributed by atoms with Crippen molar-refractivity contribution in [3.05, 3.63) is 45.7 Å². The third kappa shape index (κ3) is 2.56. The fourth-order valence-corrected chi connectivity index (χ4v) is 2.68. The van der Waals surface area contributed by atoms with Crippen molar-refractivity contribution in [3.8, 4) is 5.75 Å². The third-order valence-electron chi connectivity index (χ3n) is 2.97. The van der Waals surface area contributed by atoms with Gasteiger partial charge in [-0.25, -0.2) is 0 Å². The Labute approximate surface area is 122 Å². The molecule has 2 aromatic rings. The fraction of sp³-hybridized carbons (Fsp3) is 0.308. The lowest BCUT2D eigenvalue weighted by Gasteiger charge is -2.18. The minimum Gasteiger partial charge on any atom is -0.493 e. The zero-order valence-corrected chi connectivity index (χ0v) is 12.2. The van der Waals surface area contributed by atoms with Crippen LogP contribution in [0.1, 0.15) is 24.2 Å². The van der Waals surface area contributed by atoms with E-state index < -0.39 is 6.04 Å². The summed E-state index contributed by atoms with van der Waals surface area (Å²) in [7, 11) is 1.58. The summed E-state index contributed by atoms with van der Waals surface area (Å²) in [5.41, 5.74) is 7.75. The van der Waals surface area contributed by atoms with Crippen LogP contribution in [0.2, 0.25) is 10.0 Å². The molecule has 0 amide bonds. The normalized spacial score (nSPS) is 12.5. The first-order valence-electron chi connectivity index (χ1n) is 5.89. The molecule has 1 unspecified atom stereocenters. The van der Waals surface area contributed by atoms with E-state index in [1.807, 2.05) is 6.92 Å². The van der Waals surface area contributed by atoms with Crippen molar-refractivity contribution >= 4 is 23.2 Å². The Morgan fingerprint density at radius 2 is 2.00 bits per heavy atom. The second kappa shape index (κ2) is 5.82.